The molecule has 1 aromatic heterocycles. The van der Waals surface area contributed by atoms with Crippen molar-refractivity contribution in [3.05, 3.63) is 54.4 Å². The fraction of sp³-hybridized carbons (Fsp3) is 0. The van der Waals surface area contributed by atoms with Gasteiger partial charge in [-0.1, -0.05) is 36.4 Å². The zero-order valence-corrected chi connectivity index (χ0v) is 9.15. The molecule has 0 fully saturated rings. The first-order valence-electron chi connectivity index (χ1n) is 4.53. The van der Waals surface area contributed by atoms with Gasteiger partial charge in [0.15, 0.2) is 5.69 Å². The van der Waals surface area contributed by atoms with Gasteiger partial charge in [-0.25, -0.2) is 9.78 Å². The number of benzene rings is 1. The summed E-state index contributed by atoms with van der Waals surface area (Å²) in [5, 5.41) is 8.96. The van der Waals surface area contributed by atoms with Crippen LogP contribution in [0.3, 0.4) is 0 Å². The Bertz CT molecular complexity index is 485. The van der Waals surface area contributed by atoms with E-state index in [4.69, 9.17) is 5.11 Å². The van der Waals surface area contributed by atoms with Crippen LogP contribution in [0.4, 0.5) is 0 Å². The van der Waals surface area contributed by atoms with E-state index in [0.717, 1.165) is 5.56 Å². The Labute approximate surface area is 99.2 Å². The normalized spacial score (nSPS) is 9.25. The second-order valence-corrected chi connectivity index (χ2v) is 3.07. The summed E-state index contributed by atoms with van der Waals surface area (Å²) in [4.78, 5) is 14.8. The average Bonchev–Trinajstić information content (AvgIpc) is 2.30. The number of hydrogen-bond donors (Lipinski definition) is 1. The van der Waals surface area contributed by atoms with E-state index in [9.17, 15) is 4.79 Å². The summed E-state index contributed by atoms with van der Waals surface area (Å²) in [5.74, 6) is -1.01. The van der Waals surface area contributed by atoms with Crippen LogP contribution in [-0.4, -0.2) is 16.1 Å². The van der Waals surface area contributed by atoms with Crippen LogP contribution in [0.1, 0.15) is 10.5 Å². The van der Waals surface area contributed by atoms with Crippen molar-refractivity contribution >= 4 is 18.4 Å². The maximum Gasteiger partial charge on any atom is 0.355 e. The fourth-order valence-corrected chi connectivity index (χ4v) is 1.43. The molecule has 0 aliphatic rings. The van der Waals surface area contributed by atoms with Gasteiger partial charge in [0, 0.05) is 11.8 Å². The van der Waals surface area contributed by atoms with E-state index in [-0.39, 0.29) is 18.1 Å². The van der Waals surface area contributed by atoms with Gasteiger partial charge in [0.05, 0.1) is 0 Å². The summed E-state index contributed by atoms with van der Waals surface area (Å²) in [5.41, 5.74) is 1.59. The van der Waals surface area contributed by atoms with Crippen molar-refractivity contribution in [2.75, 3.05) is 0 Å². The Hall–Kier alpha value is -1.87. The van der Waals surface area contributed by atoms with Crippen LogP contribution in [0.5, 0.6) is 0 Å². The highest BCUT2D eigenvalue weighted by Gasteiger charge is 2.11. The van der Waals surface area contributed by atoms with Crippen LogP contribution in [0.25, 0.3) is 11.1 Å². The molecule has 2 aromatic rings. The molecular weight excluding hydrogens is 226 g/mol. The molecule has 1 heterocycles. The van der Waals surface area contributed by atoms with Crippen LogP contribution < -0.4 is 0 Å². The van der Waals surface area contributed by atoms with E-state index in [2.05, 4.69) is 4.98 Å². The zero-order chi connectivity index (χ0) is 10.7. The number of aromatic carboxylic acids is 1. The smallest absolute Gasteiger partial charge is 0.355 e. The van der Waals surface area contributed by atoms with Crippen molar-refractivity contribution in [1.29, 1.82) is 0 Å². The fourth-order valence-electron chi connectivity index (χ4n) is 1.43. The quantitative estimate of drug-likeness (QED) is 0.871. The first-order chi connectivity index (χ1) is 7.29. The van der Waals surface area contributed by atoms with Gasteiger partial charge in [-0.05, 0) is 11.6 Å². The number of pyridine rings is 1. The Morgan fingerprint density at radius 1 is 1.06 bits per heavy atom. The molecule has 4 heteroatoms. The van der Waals surface area contributed by atoms with Crippen molar-refractivity contribution < 1.29 is 9.90 Å². The lowest BCUT2D eigenvalue weighted by Gasteiger charge is -2.03. The topological polar surface area (TPSA) is 50.2 Å². The SMILES string of the molecule is Cl.O=C(O)c1ncccc1-c1ccccc1. The van der Waals surface area contributed by atoms with Crippen LogP contribution in [0.15, 0.2) is 48.7 Å². The third-order valence-electron chi connectivity index (χ3n) is 2.10. The molecule has 0 aliphatic carbocycles. The summed E-state index contributed by atoms with van der Waals surface area (Å²) in [6.07, 6.45) is 1.48. The van der Waals surface area contributed by atoms with Gasteiger partial charge in [0.1, 0.15) is 0 Å². The largest absolute Gasteiger partial charge is 0.476 e. The van der Waals surface area contributed by atoms with Crippen molar-refractivity contribution in [1.82, 2.24) is 4.98 Å². The summed E-state index contributed by atoms with van der Waals surface area (Å²) < 4.78 is 0. The molecule has 0 unspecified atom stereocenters. The third kappa shape index (κ3) is 2.38. The summed E-state index contributed by atoms with van der Waals surface area (Å²) >= 11 is 0. The van der Waals surface area contributed by atoms with Crippen molar-refractivity contribution in [3.8, 4) is 11.1 Å². The summed E-state index contributed by atoms with van der Waals surface area (Å²) in [7, 11) is 0. The highest BCUT2D eigenvalue weighted by molar-refractivity contribution is 5.93. The molecule has 0 saturated heterocycles. The van der Waals surface area contributed by atoms with E-state index >= 15 is 0 Å². The molecule has 0 saturated carbocycles. The van der Waals surface area contributed by atoms with Gasteiger partial charge in [0.25, 0.3) is 0 Å². The Morgan fingerprint density at radius 3 is 2.38 bits per heavy atom. The van der Waals surface area contributed by atoms with Crippen molar-refractivity contribution in [3.63, 3.8) is 0 Å². The van der Waals surface area contributed by atoms with E-state index in [0.29, 0.717) is 5.56 Å². The number of hydrogen-bond acceptors (Lipinski definition) is 2. The van der Waals surface area contributed by atoms with Gasteiger partial charge >= 0.3 is 5.97 Å². The standard InChI is InChI=1S/C12H9NO2.ClH/c14-12(15)11-10(7-4-8-13-11)9-5-2-1-3-6-9;/h1-8H,(H,14,15);1H. The maximum absolute atomic E-state index is 10.9. The number of nitrogens with zero attached hydrogens (tertiary/aromatic N) is 1. The van der Waals surface area contributed by atoms with Crippen LogP contribution in [0.2, 0.25) is 0 Å². The molecule has 82 valence electrons. The maximum atomic E-state index is 10.9. The second kappa shape index (κ2) is 5.28. The first-order valence-corrected chi connectivity index (χ1v) is 4.53. The molecule has 0 atom stereocenters. The highest BCUT2D eigenvalue weighted by Crippen LogP contribution is 2.21. The van der Waals surface area contributed by atoms with E-state index in [1.165, 1.54) is 6.20 Å². The molecule has 0 bridgehead atoms. The number of carboxylic acid groups (broad SMARTS) is 1. The monoisotopic (exact) mass is 235 g/mol. The molecule has 1 aromatic carbocycles. The predicted octanol–water partition coefficient (Wildman–Crippen LogP) is 2.87. The number of halogens is 1. The van der Waals surface area contributed by atoms with Crippen molar-refractivity contribution in [2.45, 2.75) is 0 Å². The van der Waals surface area contributed by atoms with Gasteiger partial charge in [-0.2, -0.15) is 0 Å². The van der Waals surface area contributed by atoms with E-state index < -0.39 is 5.97 Å². The Morgan fingerprint density at radius 2 is 1.75 bits per heavy atom. The molecular formula is C12H10ClNO2. The molecule has 3 nitrogen and oxygen atoms in total. The molecule has 0 amide bonds. The third-order valence-corrected chi connectivity index (χ3v) is 2.10. The van der Waals surface area contributed by atoms with Gasteiger partial charge < -0.3 is 5.11 Å². The minimum atomic E-state index is -1.01. The lowest BCUT2D eigenvalue weighted by Crippen LogP contribution is -2.02. The molecule has 0 spiro atoms. The number of carboxylic acids is 1. The summed E-state index contributed by atoms with van der Waals surface area (Å²) in [6.45, 7) is 0. The minimum absolute atomic E-state index is 0. The molecule has 1 N–H and O–H groups in total. The molecule has 16 heavy (non-hydrogen) atoms. The first kappa shape index (κ1) is 12.2. The lowest BCUT2D eigenvalue weighted by molar-refractivity contribution is 0.0691. The highest BCUT2D eigenvalue weighted by atomic mass is 35.5. The van der Waals surface area contributed by atoms with Gasteiger partial charge in [-0.3, -0.25) is 0 Å². The van der Waals surface area contributed by atoms with E-state index in [1.54, 1.807) is 12.1 Å². The average molecular weight is 236 g/mol. The lowest BCUT2D eigenvalue weighted by atomic mass is 10.0. The van der Waals surface area contributed by atoms with Gasteiger partial charge in [-0.15, -0.1) is 12.4 Å². The predicted molar refractivity (Wildman–Crippen MR) is 63.9 cm³/mol. The molecule has 0 aliphatic heterocycles. The number of carbonyl (C=O) groups is 1. The van der Waals surface area contributed by atoms with Crippen LogP contribution in [0, 0.1) is 0 Å². The Balaban J connectivity index is 0.00000128. The molecule has 2 rings (SSSR count). The number of aromatic nitrogens is 1. The van der Waals surface area contributed by atoms with Crippen LogP contribution >= 0.6 is 12.4 Å². The van der Waals surface area contributed by atoms with Crippen molar-refractivity contribution in [2.24, 2.45) is 0 Å². The van der Waals surface area contributed by atoms with E-state index in [1.807, 2.05) is 30.3 Å². The zero-order valence-electron chi connectivity index (χ0n) is 8.33. The minimum Gasteiger partial charge on any atom is -0.476 e. The van der Waals surface area contributed by atoms with Gasteiger partial charge in [0.2, 0.25) is 0 Å². The van der Waals surface area contributed by atoms with Crippen LogP contribution in [-0.2, 0) is 0 Å². The number of rotatable bonds is 2. The summed E-state index contributed by atoms with van der Waals surface area (Å²) in [6, 6.07) is 12.8. The second-order valence-electron chi connectivity index (χ2n) is 3.07. The Kier molecular flexibility index (Phi) is 4.03. The molecule has 0 radical (unpaired) electrons.